The van der Waals surface area contributed by atoms with Gasteiger partial charge >= 0.3 is 6.18 Å². The molecule has 0 aliphatic rings. The number of halogens is 5. The van der Waals surface area contributed by atoms with Crippen molar-refractivity contribution in [2.75, 3.05) is 18.4 Å². The number of phenolic OH excluding ortho intramolecular Hbond substituents is 1. The number of carbonyl (C=O) groups excluding carboxylic acids is 1. The molecule has 0 bridgehead atoms. The minimum atomic E-state index is -4.55. The maximum atomic E-state index is 12.8. The fraction of sp³-hybridized carbons (Fsp3) is 0.364. The number of benzene rings is 1. The molecular formula is C11H10BrF4NO2. The van der Waals surface area contributed by atoms with Crippen LogP contribution in [0.15, 0.2) is 18.2 Å². The minimum Gasteiger partial charge on any atom is -0.507 e. The lowest BCUT2D eigenvalue weighted by Crippen LogP contribution is -2.40. The van der Waals surface area contributed by atoms with Gasteiger partial charge in [0.2, 0.25) is 0 Å². The van der Waals surface area contributed by atoms with E-state index in [0.29, 0.717) is 11.0 Å². The van der Waals surface area contributed by atoms with Crippen molar-refractivity contribution in [1.82, 2.24) is 4.90 Å². The van der Waals surface area contributed by atoms with Crippen molar-refractivity contribution in [3.63, 3.8) is 0 Å². The van der Waals surface area contributed by atoms with E-state index in [2.05, 4.69) is 15.9 Å². The Bertz CT molecular complexity index is 464. The van der Waals surface area contributed by atoms with Gasteiger partial charge in [0.1, 0.15) is 18.1 Å². The van der Waals surface area contributed by atoms with E-state index in [4.69, 9.17) is 0 Å². The Morgan fingerprint density at radius 3 is 2.47 bits per heavy atom. The Hall–Kier alpha value is -1.31. The molecule has 0 unspecified atom stereocenters. The van der Waals surface area contributed by atoms with Gasteiger partial charge in [0.05, 0.1) is 5.56 Å². The maximum Gasteiger partial charge on any atom is 0.406 e. The van der Waals surface area contributed by atoms with Gasteiger partial charge in [0.15, 0.2) is 0 Å². The summed E-state index contributed by atoms with van der Waals surface area (Å²) >= 11 is 2.94. The van der Waals surface area contributed by atoms with E-state index >= 15 is 0 Å². The SMILES string of the molecule is O=C(c1ccc(F)cc1O)N(CCBr)CC(F)(F)F. The van der Waals surface area contributed by atoms with Crippen LogP contribution in [-0.4, -0.2) is 40.5 Å². The average Bonchev–Trinajstić information content (AvgIpc) is 2.26. The lowest BCUT2D eigenvalue weighted by Gasteiger charge is -2.23. The van der Waals surface area contributed by atoms with Crippen molar-refractivity contribution >= 4 is 21.8 Å². The van der Waals surface area contributed by atoms with Gasteiger partial charge in [-0.05, 0) is 12.1 Å². The van der Waals surface area contributed by atoms with Crippen molar-refractivity contribution in [3.05, 3.63) is 29.6 Å². The Morgan fingerprint density at radius 2 is 2.00 bits per heavy atom. The molecule has 3 nitrogen and oxygen atoms in total. The summed E-state index contributed by atoms with van der Waals surface area (Å²) in [6.07, 6.45) is -4.55. The number of carbonyl (C=O) groups is 1. The van der Waals surface area contributed by atoms with Crippen LogP contribution in [0, 0.1) is 5.82 Å². The quantitative estimate of drug-likeness (QED) is 0.674. The number of amides is 1. The largest absolute Gasteiger partial charge is 0.507 e. The molecule has 0 aromatic heterocycles. The molecule has 106 valence electrons. The van der Waals surface area contributed by atoms with Crippen LogP contribution in [0.4, 0.5) is 17.6 Å². The molecule has 0 saturated carbocycles. The zero-order valence-corrected chi connectivity index (χ0v) is 11.1. The van der Waals surface area contributed by atoms with Crippen molar-refractivity contribution in [1.29, 1.82) is 0 Å². The van der Waals surface area contributed by atoms with Crippen LogP contribution in [0.1, 0.15) is 10.4 Å². The van der Waals surface area contributed by atoms with Gasteiger partial charge in [-0.15, -0.1) is 0 Å². The zero-order valence-electron chi connectivity index (χ0n) is 9.55. The van der Waals surface area contributed by atoms with E-state index in [9.17, 15) is 27.5 Å². The normalized spacial score (nSPS) is 11.4. The molecule has 0 aliphatic carbocycles. The van der Waals surface area contributed by atoms with Crippen molar-refractivity contribution in [3.8, 4) is 5.75 Å². The van der Waals surface area contributed by atoms with Crippen LogP contribution in [0.3, 0.4) is 0 Å². The van der Waals surface area contributed by atoms with E-state index in [1.807, 2.05) is 0 Å². The van der Waals surface area contributed by atoms with Gasteiger partial charge in [0, 0.05) is 17.9 Å². The third-order valence-electron chi connectivity index (χ3n) is 2.20. The predicted octanol–water partition coefficient (Wildman–Crippen LogP) is 2.93. The molecule has 0 fully saturated rings. The Kier molecular flexibility index (Phi) is 5.16. The summed E-state index contributed by atoms with van der Waals surface area (Å²) in [7, 11) is 0. The fourth-order valence-electron chi connectivity index (χ4n) is 1.43. The molecule has 1 aromatic rings. The minimum absolute atomic E-state index is 0.150. The molecular weight excluding hydrogens is 334 g/mol. The van der Waals surface area contributed by atoms with Crippen LogP contribution >= 0.6 is 15.9 Å². The lowest BCUT2D eigenvalue weighted by molar-refractivity contribution is -0.140. The number of rotatable bonds is 4. The van der Waals surface area contributed by atoms with Gasteiger partial charge in [-0.3, -0.25) is 4.79 Å². The third-order valence-corrected chi connectivity index (χ3v) is 2.56. The van der Waals surface area contributed by atoms with Crippen LogP contribution in [0.5, 0.6) is 5.75 Å². The summed E-state index contributed by atoms with van der Waals surface area (Å²) in [5.74, 6) is -2.47. The summed E-state index contributed by atoms with van der Waals surface area (Å²) in [5.41, 5.74) is -0.369. The predicted molar refractivity (Wildman–Crippen MR) is 63.8 cm³/mol. The Labute approximate surface area is 115 Å². The zero-order chi connectivity index (χ0) is 14.6. The molecule has 0 atom stereocenters. The standard InChI is InChI=1S/C11H10BrF4NO2/c12-3-4-17(6-11(14,15)16)10(19)8-2-1-7(13)5-9(8)18/h1-2,5,18H,3-4,6H2. The van der Waals surface area contributed by atoms with Crippen molar-refractivity contribution < 1.29 is 27.5 Å². The highest BCUT2D eigenvalue weighted by molar-refractivity contribution is 9.09. The smallest absolute Gasteiger partial charge is 0.406 e. The number of aromatic hydroxyl groups is 1. The summed E-state index contributed by atoms with van der Waals surface area (Å²) in [4.78, 5) is 12.4. The maximum absolute atomic E-state index is 12.8. The first kappa shape index (κ1) is 15.7. The van der Waals surface area contributed by atoms with Gasteiger partial charge in [-0.25, -0.2) is 4.39 Å². The molecule has 1 amide bonds. The van der Waals surface area contributed by atoms with Gasteiger partial charge < -0.3 is 10.0 Å². The summed E-state index contributed by atoms with van der Waals surface area (Å²) in [6.45, 7) is -1.62. The molecule has 19 heavy (non-hydrogen) atoms. The first-order chi connectivity index (χ1) is 8.74. The Balaban J connectivity index is 2.99. The van der Waals surface area contributed by atoms with Crippen LogP contribution in [0.2, 0.25) is 0 Å². The molecule has 8 heteroatoms. The molecule has 0 heterocycles. The van der Waals surface area contributed by atoms with Crippen molar-refractivity contribution in [2.45, 2.75) is 6.18 Å². The first-order valence-corrected chi connectivity index (χ1v) is 6.27. The molecule has 0 saturated heterocycles. The van der Waals surface area contributed by atoms with E-state index < -0.39 is 30.2 Å². The monoisotopic (exact) mass is 343 g/mol. The van der Waals surface area contributed by atoms with Crippen LogP contribution in [0.25, 0.3) is 0 Å². The highest BCUT2D eigenvalue weighted by Gasteiger charge is 2.33. The molecule has 0 radical (unpaired) electrons. The van der Waals surface area contributed by atoms with Gasteiger partial charge in [0.25, 0.3) is 5.91 Å². The molecule has 1 aromatic carbocycles. The fourth-order valence-corrected chi connectivity index (χ4v) is 1.85. The highest BCUT2D eigenvalue weighted by atomic mass is 79.9. The van der Waals surface area contributed by atoms with E-state index in [1.54, 1.807) is 0 Å². The number of phenols is 1. The second-order valence-electron chi connectivity index (χ2n) is 3.69. The topological polar surface area (TPSA) is 40.5 Å². The van der Waals surface area contributed by atoms with E-state index in [-0.39, 0.29) is 17.4 Å². The Morgan fingerprint density at radius 1 is 1.37 bits per heavy atom. The second kappa shape index (κ2) is 6.23. The molecule has 0 spiro atoms. The first-order valence-electron chi connectivity index (χ1n) is 5.15. The lowest BCUT2D eigenvalue weighted by atomic mass is 10.1. The van der Waals surface area contributed by atoms with Crippen LogP contribution in [-0.2, 0) is 0 Å². The van der Waals surface area contributed by atoms with Gasteiger partial charge in [-0.2, -0.15) is 13.2 Å². The van der Waals surface area contributed by atoms with E-state index in [1.165, 1.54) is 0 Å². The molecule has 0 aliphatic heterocycles. The van der Waals surface area contributed by atoms with Gasteiger partial charge in [-0.1, -0.05) is 15.9 Å². The van der Waals surface area contributed by atoms with E-state index in [0.717, 1.165) is 12.1 Å². The highest BCUT2D eigenvalue weighted by Crippen LogP contribution is 2.23. The second-order valence-corrected chi connectivity index (χ2v) is 4.49. The number of alkyl halides is 4. The summed E-state index contributed by atoms with van der Waals surface area (Å²) in [5, 5.41) is 9.55. The number of hydrogen-bond donors (Lipinski definition) is 1. The molecule has 1 N–H and O–H groups in total. The third kappa shape index (κ3) is 4.70. The van der Waals surface area contributed by atoms with Crippen molar-refractivity contribution in [2.24, 2.45) is 0 Å². The number of nitrogens with zero attached hydrogens (tertiary/aromatic N) is 1. The summed E-state index contributed by atoms with van der Waals surface area (Å²) < 4.78 is 49.8. The van der Waals surface area contributed by atoms with Crippen LogP contribution < -0.4 is 0 Å². The number of hydrogen-bond acceptors (Lipinski definition) is 2. The molecule has 1 rings (SSSR count). The summed E-state index contributed by atoms with van der Waals surface area (Å²) in [6, 6.07) is 2.52. The average molecular weight is 344 g/mol.